The van der Waals surface area contributed by atoms with Gasteiger partial charge in [-0.25, -0.2) is 8.42 Å². The Balaban J connectivity index is 2.21. The highest BCUT2D eigenvalue weighted by molar-refractivity contribution is 7.89. The highest BCUT2D eigenvalue weighted by atomic mass is 32.2. The van der Waals surface area contributed by atoms with E-state index in [4.69, 9.17) is 4.74 Å². The van der Waals surface area contributed by atoms with Gasteiger partial charge in [0.2, 0.25) is 10.0 Å². The number of aliphatic hydroxyl groups is 1. The van der Waals surface area contributed by atoms with E-state index < -0.39 is 16.1 Å². The zero-order valence-corrected chi connectivity index (χ0v) is 12.6. The molecule has 0 radical (unpaired) electrons. The predicted octanol–water partition coefficient (Wildman–Crippen LogP) is 1.54. The molecule has 1 aromatic carbocycles. The molecule has 0 bridgehead atoms. The van der Waals surface area contributed by atoms with Crippen LogP contribution in [0.3, 0.4) is 0 Å². The van der Waals surface area contributed by atoms with E-state index in [1.54, 1.807) is 31.2 Å². The first kappa shape index (κ1) is 15.4. The second-order valence-corrected chi connectivity index (χ2v) is 6.95. The van der Waals surface area contributed by atoms with E-state index in [9.17, 15) is 13.5 Å². The molecule has 2 rings (SSSR count). The lowest BCUT2D eigenvalue weighted by molar-refractivity contribution is -0.00277. The summed E-state index contributed by atoms with van der Waals surface area (Å²) in [6.45, 7) is 4.85. The summed E-state index contributed by atoms with van der Waals surface area (Å²) in [6, 6.07) is 6.40. The fraction of sp³-hybridized carbons (Fsp3) is 0.571. The van der Waals surface area contributed by atoms with E-state index in [1.807, 2.05) is 6.92 Å². The molecule has 1 saturated heterocycles. The van der Waals surface area contributed by atoms with Crippen molar-refractivity contribution in [3.8, 4) is 0 Å². The molecule has 20 heavy (non-hydrogen) atoms. The Morgan fingerprint density at radius 2 is 2.05 bits per heavy atom. The van der Waals surface area contributed by atoms with Crippen LogP contribution in [0.25, 0.3) is 0 Å². The van der Waals surface area contributed by atoms with Crippen LogP contribution in [0.15, 0.2) is 29.2 Å². The average molecular weight is 299 g/mol. The van der Waals surface area contributed by atoms with Crippen molar-refractivity contribution in [1.82, 2.24) is 4.31 Å². The highest BCUT2D eigenvalue weighted by Crippen LogP contribution is 2.21. The lowest BCUT2D eigenvalue weighted by Gasteiger charge is -2.31. The molecule has 1 aliphatic heterocycles. The molecule has 1 aromatic rings. The SMILES string of the molecule is CCC1CN(S(=O)(=O)c2ccc(C(C)O)cc2)CCO1. The van der Waals surface area contributed by atoms with E-state index >= 15 is 0 Å². The van der Waals surface area contributed by atoms with Crippen molar-refractivity contribution in [1.29, 1.82) is 0 Å². The summed E-state index contributed by atoms with van der Waals surface area (Å²) in [7, 11) is -3.48. The topological polar surface area (TPSA) is 66.8 Å². The third kappa shape index (κ3) is 3.20. The van der Waals surface area contributed by atoms with Crippen molar-refractivity contribution >= 4 is 10.0 Å². The minimum absolute atomic E-state index is 0.0322. The third-order valence-electron chi connectivity index (χ3n) is 3.56. The van der Waals surface area contributed by atoms with Gasteiger partial charge in [0, 0.05) is 13.1 Å². The number of sulfonamides is 1. The first-order valence-electron chi connectivity index (χ1n) is 6.85. The van der Waals surface area contributed by atoms with Gasteiger partial charge in [0.1, 0.15) is 0 Å². The van der Waals surface area contributed by atoms with Gasteiger partial charge >= 0.3 is 0 Å². The average Bonchev–Trinajstić information content (AvgIpc) is 2.47. The zero-order chi connectivity index (χ0) is 14.8. The molecular weight excluding hydrogens is 278 g/mol. The molecule has 0 aliphatic carbocycles. The van der Waals surface area contributed by atoms with Crippen LogP contribution in [-0.2, 0) is 14.8 Å². The molecule has 5 nitrogen and oxygen atoms in total. The van der Waals surface area contributed by atoms with Crippen LogP contribution in [0.4, 0.5) is 0 Å². The molecule has 2 atom stereocenters. The summed E-state index contributed by atoms with van der Waals surface area (Å²) in [5.41, 5.74) is 0.706. The largest absolute Gasteiger partial charge is 0.389 e. The molecular formula is C14H21NO4S. The Morgan fingerprint density at radius 1 is 1.40 bits per heavy atom. The Kier molecular flexibility index (Phi) is 4.80. The monoisotopic (exact) mass is 299 g/mol. The normalized spacial score (nSPS) is 22.6. The van der Waals surface area contributed by atoms with Crippen LogP contribution in [0.5, 0.6) is 0 Å². The number of aliphatic hydroxyl groups excluding tert-OH is 1. The number of ether oxygens (including phenoxy) is 1. The van der Waals surface area contributed by atoms with Crippen LogP contribution in [0.1, 0.15) is 31.9 Å². The van der Waals surface area contributed by atoms with Gasteiger partial charge in [-0.3, -0.25) is 0 Å². The zero-order valence-electron chi connectivity index (χ0n) is 11.8. The molecule has 1 aliphatic rings. The molecule has 0 aromatic heterocycles. The highest BCUT2D eigenvalue weighted by Gasteiger charge is 2.30. The van der Waals surface area contributed by atoms with Crippen LogP contribution >= 0.6 is 0 Å². The van der Waals surface area contributed by atoms with E-state index in [-0.39, 0.29) is 11.0 Å². The summed E-state index contributed by atoms with van der Waals surface area (Å²) >= 11 is 0. The van der Waals surface area contributed by atoms with Crippen LogP contribution in [-0.4, -0.2) is 43.6 Å². The predicted molar refractivity (Wildman–Crippen MR) is 75.9 cm³/mol. The van der Waals surface area contributed by atoms with Crippen molar-refractivity contribution in [2.24, 2.45) is 0 Å². The maximum Gasteiger partial charge on any atom is 0.243 e. The fourth-order valence-corrected chi connectivity index (χ4v) is 3.68. The minimum atomic E-state index is -3.48. The second-order valence-electron chi connectivity index (χ2n) is 5.01. The number of hydrogen-bond donors (Lipinski definition) is 1. The van der Waals surface area contributed by atoms with Gasteiger partial charge in [-0.1, -0.05) is 19.1 Å². The maximum absolute atomic E-state index is 12.5. The van der Waals surface area contributed by atoms with Gasteiger partial charge in [-0.05, 0) is 31.0 Å². The molecule has 0 amide bonds. The second kappa shape index (κ2) is 6.22. The van der Waals surface area contributed by atoms with Gasteiger partial charge in [0.25, 0.3) is 0 Å². The van der Waals surface area contributed by atoms with Crippen molar-refractivity contribution in [3.63, 3.8) is 0 Å². The van der Waals surface area contributed by atoms with E-state index in [0.29, 0.717) is 25.3 Å². The molecule has 6 heteroatoms. The molecule has 1 heterocycles. The van der Waals surface area contributed by atoms with E-state index in [2.05, 4.69) is 0 Å². The maximum atomic E-state index is 12.5. The standard InChI is InChI=1S/C14H21NO4S/c1-3-13-10-15(8-9-19-13)20(17,18)14-6-4-12(5-7-14)11(2)16/h4-7,11,13,16H,3,8-10H2,1-2H3. The molecule has 0 saturated carbocycles. The summed E-state index contributed by atoms with van der Waals surface area (Å²) in [4.78, 5) is 0.263. The Bertz CT molecular complexity index is 539. The van der Waals surface area contributed by atoms with E-state index in [0.717, 1.165) is 6.42 Å². The number of nitrogens with zero attached hydrogens (tertiary/aromatic N) is 1. The molecule has 112 valence electrons. The molecule has 0 spiro atoms. The lowest BCUT2D eigenvalue weighted by atomic mass is 10.1. The molecule has 2 unspecified atom stereocenters. The lowest BCUT2D eigenvalue weighted by Crippen LogP contribution is -2.45. The van der Waals surface area contributed by atoms with Crippen LogP contribution in [0.2, 0.25) is 0 Å². The Morgan fingerprint density at radius 3 is 2.60 bits per heavy atom. The van der Waals surface area contributed by atoms with Crippen LogP contribution < -0.4 is 0 Å². The number of benzene rings is 1. The number of rotatable bonds is 4. The molecule has 1 N–H and O–H groups in total. The first-order chi connectivity index (χ1) is 9.45. The summed E-state index contributed by atoms with van der Waals surface area (Å²) in [5.74, 6) is 0. The Labute approximate surface area is 120 Å². The number of morpholine rings is 1. The summed E-state index contributed by atoms with van der Waals surface area (Å²) in [6.07, 6.45) is 0.169. The van der Waals surface area contributed by atoms with Crippen molar-refractivity contribution in [2.75, 3.05) is 19.7 Å². The van der Waals surface area contributed by atoms with Gasteiger partial charge in [-0.15, -0.1) is 0 Å². The van der Waals surface area contributed by atoms with Crippen LogP contribution in [0, 0.1) is 0 Å². The van der Waals surface area contributed by atoms with Gasteiger partial charge < -0.3 is 9.84 Å². The van der Waals surface area contributed by atoms with Gasteiger partial charge in [-0.2, -0.15) is 4.31 Å². The smallest absolute Gasteiger partial charge is 0.243 e. The Hall–Kier alpha value is -0.950. The molecule has 1 fully saturated rings. The van der Waals surface area contributed by atoms with E-state index in [1.165, 1.54) is 4.31 Å². The van der Waals surface area contributed by atoms with Crippen molar-refractivity contribution in [3.05, 3.63) is 29.8 Å². The third-order valence-corrected chi connectivity index (χ3v) is 5.44. The van der Waals surface area contributed by atoms with Crippen molar-refractivity contribution in [2.45, 2.75) is 37.4 Å². The minimum Gasteiger partial charge on any atom is -0.389 e. The summed E-state index contributed by atoms with van der Waals surface area (Å²) < 4.78 is 32.0. The summed E-state index contributed by atoms with van der Waals surface area (Å²) in [5, 5.41) is 9.46. The quantitative estimate of drug-likeness (QED) is 0.916. The fourth-order valence-electron chi connectivity index (χ4n) is 2.22. The number of hydrogen-bond acceptors (Lipinski definition) is 4. The van der Waals surface area contributed by atoms with Gasteiger partial charge in [0.15, 0.2) is 0 Å². The first-order valence-corrected chi connectivity index (χ1v) is 8.29. The van der Waals surface area contributed by atoms with Gasteiger partial charge in [0.05, 0.1) is 23.7 Å². The van der Waals surface area contributed by atoms with Crippen molar-refractivity contribution < 1.29 is 18.3 Å².